The van der Waals surface area contributed by atoms with Gasteiger partial charge in [0.1, 0.15) is 30.8 Å². The number of aliphatic hydroxyl groups is 1. The van der Waals surface area contributed by atoms with Gasteiger partial charge in [-0.1, -0.05) is 29.8 Å². The fourth-order valence-electron chi connectivity index (χ4n) is 1.48. The first-order chi connectivity index (χ1) is 9.24. The normalized spacial score (nSPS) is 11.9. The van der Waals surface area contributed by atoms with Crippen LogP contribution in [0.2, 0.25) is 5.02 Å². The molecule has 0 saturated heterocycles. The molecule has 0 unspecified atom stereocenters. The van der Waals surface area contributed by atoms with Crippen LogP contribution in [0.1, 0.15) is 0 Å². The number of para-hydroxylation sites is 1. The Hall–Kier alpha value is -1.71. The quantitative estimate of drug-likeness (QED) is 0.882. The number of ether oxygens (including phenoxy) is 2. The Balaban J connectivity index is 1.72. The predicted molar refractivity (Wildman–Crippen MR) is 74.9 cm³/mol. The van der Waals surface area contributed by atoms with Crippen molar-refractivity contribution in [1.29, 1.82) is 0 Å². The highest BCUT2D eigenvalue weighted by molar-refractivity contribution is 6.30. The van der Waals surface area contributed by atoms with E-state index in [1.165, 1.54) is 0 Å². The van der Waals surface area contributed by atoms with Crippen LogP contribution in [-0.2, 0) is 0 Å². The summed E-state index contributed by atoms with van der Waals surface area (Å²) in [5.41, 5.74) is 0. The highest BCUT2D eigenvalue weighted by atomic mass is 35.5. The second-order valence-corrected chi connectivity index (χ2v) is 4.48. The van der Waals surface area contributed by atoms with Gasteiger partial charge in [0.15, 0.2) is 0 Å². The summed E-state index contributed by atoms with van der Waals surface area (Å²) in [5.74, 6) is 1.40. The lowest BCUT2D eigenvalue weighted by molar-refractivity contribution is 0.0626. The van der Waals surface area contributed by atoms with Crippen LogP contribution >= 0.6 is 11.6 Å². The van der Waals surface area contributed by atoms with Gasteiger partial charge in [-0.2, -0.15) is 0 Å². The van der Waals surface area contributed by atoms with Gasteiger partial charge in [-0.15, -0.1) is 0 Å². The number of hydrogen-bond acceptors (Lipinski definition) is 3. The van der Waals surface area contributed by atoms with Crippen molar-refractivity contribution < 1.29 is 14.6 Å². The maximum absolute atomic E-state index is 9.75. The molecule has 0 radical (unpaired) electrons. The van der Waals surface area contributed by atoms with Crippen molar-refractivity contribution >= 4 is 11.6 Å². The van der Waals surface area contributed by atoms with Crippen LogP contribution in [0.5, 0.6) is 11.5 Å². The van der Waals surface area contributed by atoms with Gasteiger partial charge in [0.2, 0.25) is 0 Å². The topological polar surface area (TPSA) is 38.7 Å². The van der Waals surface area contributed by atoms with Crippen LogP contribution < -0.4 is 9.47 Å². The summed E-state index contributed by atoms with van der Waals surface area (Å²) < 4.78 is 10.8. The standard InChI is InChI=1S/C15H15ClO3/c16-12-6-8-15(9-7-12)19-11-13(17)10-18-14-4-2-1-3-5-14/h1-9,13,17H,10-11H2/t13-/m0/s1. The van der Waals surface area contributed by atoms with Crippen molar-refractivity contribution in [2.45, 2.75) is 6.10 Å². The van der Waals surface area contributed by atoms with Crippen LogP contribution in [0.3, 0.4) is 0 Å². The molecule has 0 spiro atoms. The van der Waals surface area contributed by atoms with Gasteiger partial charge in [0.25, 0.3) is 0 Å². The molecule has 0 heterocycles. The van der Waals surface area contributed by atoms with E-state index in [-0.39, 0.29) is 13.2 Å². The first-order valence-corrected chi connectivity index (χ1v) is 6.36. The average Bonchev–Trinajstić information content (AvgIpc) is 2.45. The third-order valence-corrected chi connectivity index (χ3v) is 2.69. The summed E-state index contributed by atoms with van der Waals surface area (Å²) >= 11 is 5.77. The number of aliphatic hydroxyl groups excluding tert-OH is 1. The zero-order valence-corrected chi connectivity index (χ0v) is 11.1. The van der Waals surface area contributed by atoms with Crippen molar-refractivity contribution in [3.63, 3.8) is 0 Å². The molecule has 2 aromatic carbocycles. The van der Waals surface area contributed by atoms with Gasteiger partial charge in [-0.25, -0.2) is 0 Å². The van der Waals surface area contributed by atoms with E-state index in [2.05, 4.69) is 0 Å². The maximum Gasteiger partial charge on any atom is 0.122 e. The van der Waals surface area contributed by atoms with Gasteiger partial charge < -0.3 is 14.6 Å². The lowest BCUT2D eigenvalue weighted by atomic mass is 10.3. The molecule has 19 heavy (non-hydrogen) atoms. The highest BCUT2D eigenvalue weighted by Gasteiger charge is 2.06. The van der Waals surface area contributed by atoms with E-state index in [0.29, 0.717) is 10.8 Å². The maximum atomic E-state index is 9.75. The number of halogens is 1. The molecule has 100 valence electrons. The summed E-state index contributed by atoms with van der Waals surface area (Å²) in [5, 5.41) is 10.4. The Morgan fingerprint density at radius 3 is 1.95 bits per heavy atom. The minimum atomic E-state index is -0.684. The van der Waals surface area contributed by atoms with Crippen LogP contribution in [0, 0.1) is 0 Å². The SMILES string of the molecule is O[C@@H](COc1ccccc1)COc1ccc(Cl)cc1. The third kappa shape index (κ3) is 4.81. The van der Waals surface area contributed by atoms with Crippen molar-refractivity contribution in [2.75, 3.05) is 13.2 Å². The first kappa shape index (κ1) is 13.7. The van der Waals surface area contributed by atoms with Crippen molar-refractivity contribution in [1.82, 2.24) is 0 Å². The van der Waals surface area contributed by atoms with E-state index in [0.717, 1.165) is 5.75 Å². The van der Waals surface area contributed by atoms with Gasteiger partial charge in [-0.05, 0) is 36.4 Å². The lowest BCUT2D eigenvalue weighted by Crippen LogP contribution is -2.25. The summed E-state index contributed by atoms with van der Waals surface area (Å²) in [4.78, 5) is 0. The van der Waals surface area contributed by atoms with Gasteiger partial charge >= 0.3 is 0 Å². The summed E-state index contributed by atoms with van der Waals surface area (Å²) in [7, 11) is 0. The second kappa shape index (κ2) is 7.02. The second-order valence-electron chi connectivity index (χ2n) is 4.04. The first-order valence-electron chi connectivity index (χ1n) is 5.98. The van der Waals surface area contributed by atoms with Crippen LogP contribution in [0.4, 0.5) is 0 Å². The Morgan fingerprint density at radius 1 is 0.842 bits per heavy atom. The van der Waals surface area contributed by atoms with Gasteiger partial charge in [0, 0.05) is 5.02 Å². The molecule has 1 atom stereocenters. The molecule has 2 aromatic rings. The van der Waals surface area contributed by atoms with E-state index in [1.807, 2.05) is 30.3 Å². The average molecular weight is 279 g/mol. The summed E-state index contributed by atoms with van der Waals surface area (Å²) in [6, 6.07) is 16.3. The minimum absolute atomic E-state index is 0.175. The Kier molecular flexibility index (Phi) is 5.07. The summed E-state index contributed by atoms with van der Waals surface area (Å²) in [6.07, 6.45) is -0.684. The molecule has 0 fully saturated rings. The molecular weight excluding hydrogens is 264 g/mol. The molecule has 0 aliphatic heterocycles. The molecule has 0 amide bonds. The fourth-order valence-corrected chi connectivity index (χ4v) is 1.61. The molecule has 0 bridgehead atoms. The molecular formula is C15H15ClO3. The Bertz CT molecular complexity index is 485. The molecule has 0 aliphatic rings. The predicted octanol–water partition coefficient (Wildman–Crippen LogP) is 3.16. The van der Waals surface area contributed by atoms with E-state index < -0.39 is 6.10 Å². The zero-order valence-electron chi connectivity index (χ0n) is 10.3. The van der Waals surface area contributed by atoms with E-state index in [1.54, 1.807) is 24.3 Å². The molecule has 4 heteroatoms. The molecule has 0 saturated carbocycles. The monoisotopic (exact) mass is 278 g/mol. The molecule has 1 N–H and O–H groups in total. The van der Waals surface area contributed by atoms with E-state index >= 15 is 0 Å². The summed E-state index contributed by atoms with van der Waals surface area (Å²) in [6.45, 7) is 0.367. The fraction of sp³-hybridized carbons (Fsp3) is 0.200. The van der Waals surface area contributed by atoms with Crippen molar-refractivity contribution in [3.8, 4) is 11.5 Å². The largest absolute Gasteiger partial charge is 0.491 e. The molecule has 0 aromatic heterocycles. The smallest absolute Gasteiger partial charge is 0.122 e. The molecule has 2 rings (SSSR count). The van der Waals surface area contributed by atoms with Crippen molar-refractivity contribution in [2.24, 2.45) is 0 Å². The number of rotatable bonds is 6. The number of benzene rings is 2. The van der Waals surface area contributed by atoms with Crippen LogP contribution in [0.15, 0.2) is 54.6 Å². The van der Waals surface area contributed by atoms with Gasteiger partial charge in [-0.3, -0.25) is 0 Å². The highest BCUT2D eigenvalue weighted by Crippen LogP contribution is 2.15. The van der Waals surface area contributed by atoms with Crippen molar-refractivity contribution in [3.05, 3.63) is 59.6 Å². The zero-order chi connectivity index (χ0) is 13.5. The number of hydrogen-bond donors (Lipinski definition) is 1. The third-order valence-electron chi connectivity index (χ3n) is 2.44. The molecule has 3 nitrogen and oxygen atoms in total. The Morgan fingerprint density at radius 2 is 1.37 bits per heavy atom. The Labute approximate surface area is 117 Å². The van der Waals surface area contributed by atoms with E-state index in [9.17, 15) is 5.11 Å². The van der Waals surface area contributed by atoms with Crippen LogP contribution in [-0.4, -0.2) is 24.4 Å². The van der Waals surface area contributed by atoms with E-state index in [4.69, 9.17) is 21.1 Å². The van der Waals surface area contributed by atoms with Gasteiger partial charge in [0.05, 0.1) is 0 Å². The lowest BCUT2D eigenvalue weighted by Gasteiger charge is -2.13. The van der Waals surface area contributed by atoms with Crippen LogP contribution in [0.25, 0.3) is 0 Å². The minimum Gasteiger partial charge on any atom is -0.491 e. The molecule has 0 aliphatic carbocycles.